The number of carboxylic acids is 1. The monoisotopic (exact) mass is 323 g/mol. The van der Waals surface area contributed by atoms with Gasteiger partial charge in [-0.15, -0.1) is 16.9 Å². The van der Waals surface area contributed by atoms with Gasteiger partial charge in [-0.2, -0.15) is 5.10 Å². The molecule has 0 saturated carbocycles. The number of thioether (sulfide) groups is 2. The highest BCUT2D eigenvalue weighted by molar-refractivity contribution is 8.15. The highest BCUT2D eigenvalue weighted by Crippen LogP contribution is 2.22. The number of aliphatic carboxylic acids is 1. The zero-order valence-electron chi connectivity index (χ0n) is 11.1. The Bertz CT molecular complexity index is 599. The van der Waals surface area contributed by atoms with E-state index in [9.17, 15) is 9.59 Å². The van der Waals surface area contributed by atoms with Crippen molar-refractivity contribution in [3.05, 3.63) is 29.8 Å². The van der Waals surface area contributed by atoms with Crippen molar-refractivity contribution >= 4 is 46.8 Å². The van der Waals surface area contributed by atoms with Gasteiger partial charge in [0.25, 0.3) is 0 Å². The standard InChI is InChI=1S/C13H13N3O3S2/c1-20-9-4-2-8(3-5-9)7-14-16-13-15-12(19)10(21-13)6-11(17)18/h2-5,7,10H,6H2,1H3,(H,17,18)(H,15,16,19)/b14-7-/t10-/m0/s1. The number of nitrogens with one attached hydrogen (secondary N) is 1. The number of hydrogen-bond acceptors (Lipinski definition) is 6. The van der Waals surface area contributed by atoms with Crippen LogP contribution in [0.2, 0.25) is 0 Å². The minimum absolute atomic E-state index is 0.227. The Balaban J connectivity index is 1.96. The van der Waals surface area contributed by atoms with Crippen LogP contribution in [0.3, 0.4) is 0 Å². The second-order valence-electron chi connectivity index (χ2n) is 4.12. The maximum absolute atomic E-state index is 11.5. The van der Waals surface area contributed by atoms with Crippen molar-refractivity contribution in [1.29, 1.82) is 0 Å². The van der Waals surface area contributed by atoms with Crippen LogP contribution in [0.1, 0.15) is 12.0 Å². The Morgan fingerprint density at radius 2 is 2.19 bits per heavy atom. The van der Waals surface area contributed by atoms with Crippen molar-refractivity contribution in [3.8, 4) is 0 Å². The molecule has 21 heavy (non-hydrogen) atoms. The van der Waals surface area contributed by atoms with Crippen LogP contribution in [0.15, 0.2) is 39.4 Å². The molecular weight excluding hydrogens is 310 g/mol. The molecule has 1 saturated heterocycles. The molecule has 1 atom stereocenters. The number of amidine groups is 1. The molecular formula is C13H13N3O3S2. The lowest BCUT2D eigenvalue weighted by Crippen LogP contribution is -2.26. The number of carbonyl (C=O) groups excluding carboxylic acids is 1. The van der Waals surface area contributed by atoms with Crippen molar-refractivity contribution in [2.45, 2.75) is 16.6 Å². The quantitative estimate of drug-likeness (QED) is 0.490. The summed E-state index contributed by atoms with van der Waals surface area (Å²) in [4.78, 5) is 23.2. The fraction of sp³-hybridized carbons (Fsp3) is 0.231. The second kappa shape index (κ2) is 7.28. The number of amides is 1. The molecule has 2 rings (SSSR count). The zero-order valence-corrected chi connectivity index (χ0v) is 12.8. The molecule has 1 aliphatic heterocycles. The van der Waals surface area contributed by atoms with E-state index in [1.807, 2.05) is 30.5 Å². The summed E-state index contributed by atoms with van der Waals surface area (Å²) in [5, 5.41) is 18.7. The van der Waals surface area contributed by atoms with Gasteiger partial charge >= 0.3 is 5.97 Å². The van der Waals surface area contributed by atoms with Crippen LogP contribution in [0.4, 0.5) is 0 Å². The van der Waals surface area contributed by atoms with Gasteiger partial charge in [0.15, 0.2) is 5.17 Å². The molecule has 1 aromatic rings. The van der Waals surface area contributed by atoms with Crippen molar-refractivity contribution in [3.63, 3.8) is 0 Å². The van der Waals surface area contributed by atoms with E-state index in [2.05, 4.69) is 15.5 Å². The molecule has 1 heterocycles. The summed E-state index contributed by atoms with van der Waals surface area (Å²) in [6.07, 6.45) is 3.35. The number of rotatable bonds is 5. The summed E-state index contributed by atoms with van der Waals surface area (Å²) in [5.41, 5.74) is 0.897. The molecule has 0 bridgehead atoms. The largest absolute Gasteiger partial charge is 0.481 e. The summed E-state index contributed by atoms with van der Waals surface area (Å²) in [7, 11) is 0. The van der Waals surface area contributed by atoms with Gasteiger partial charge in [0.05, 0.1) is 12.6 Å². The number of hydrogen-bond donors (Lipinski definition) is 2. The van der Waals surface area contributed by atoms with Gasteiger partial charge in [-0.1, -0.05) is 23.9 Å². The minimum Gasteiger partial charge on any atom is -0.481 e. The van der Waals surface area contributed by atoms with Crippen LogP contribution in [0.5, 0.6) is 0 Å². The molecule has 8 heteroatoms. The minimum atomic E-state index is -1.01. The third-order valence-corrected chi connectivity index (χ3v) is 4.42. The van der Waals surface area contributed by atoms with Crippen LogP contribution in [-0.2, 0) is 9.59 Å². The van der Waals surface area contributed by atoms with E-state index in [0.29, 0.717) is 5.17 Å². The van der Waals surface area contributed by atoms with Gasteiger partial charge in [0.1, 0.15) is 5.25 Å². The SMILES string of the molecule is CSc1ccc(/C=N\N=C2/NC(=O)[C@H](CC(=O)O)S2)cc1. The molecule has 0 spiro atoms. The van der Waals surface area contributed by atoms with E-state index in [4.69, 9.17) is 5.11 Å². The highest BCUT2D eigenvalue weighted by atomic mass is 32.2. The van der Waals surface area contributed by atoms with Gasteiger partial charge in [-0.3, -0.25) is 9.59 Å². The smallest absolute Gasteiger partial charge is 0.305 e. The predicted octanol–water partition coefficient (Wildman–Crippen LogP) is 1.80. The van der Waals surface area contributed by atoms with Gasteiger partial charge < -0.3 is 10.4 Å². The lowest BCUT2D eigenvalue weighted by atomic mass is 10.2. The molecule has 2 N–H and O–H groups in total. The van der Waals surface area contributed by atoms with Crippen LogP contribution in [-0.4, -0.2) is 39.9 Å². The Morgan fingerprint density at radius 3 is 2.81 bits per heavy atom. The summed E-state index contributed by atoms with van der Waals surface area (Å²) in [6, 6.07) is 7.80. The van der Waals surface area contributed by atoms with E-state index in [1.54, 1.807) is 18.0 Å². The lowest BCUT2D eigenvalue weighted by Gasteiger charge is -1.97. The van der Waals surface area contributed by atoms with Gasteiger partial charge in [0, 0.05) is 4.90 Å². The molecule has 0 aromatic heterocycles. The van der Waals surface area contributed by atoms with E-state index in [0.717, 1.165) is 22.2 Å². The number of nitrogens with zero attached hydrogens (tertiary/aromatic N) is 2. The van der Waals surface area contributed by atoms with Crippen molar-refractivity contribution < 1.29 is 14.7 Å². The fourth-order valence-electron chi connectivity index (χ4n) is 1.58. The first-order valence-electron chi connectivity index (χ1n) is 6.03. The van der Waals surface area contributed by atoms with Gasteiger partial charge in [-0.25, -0.2) is 0 Å². The van der Waals surface area contributed by atoms with Crippen molar-refractivity contribution in [2.24, 2.45) is 10.2 Å². The molecule has 1 aliphatic rings. The Labute approximate surface area is 130 Å². The fourth-order valence-corrected chi connectivity index (χ4v) is 2.91. The molecule has 0 aliphatic carbocycles. The Hall–Kier alpha value is -1.80. The summed E-state index contributed by atoms with van der Waals surface area (Å²) in [6.45, 7) is 0. The third-order valence-electron chi connectivity index (χ3n) is 2.61. The molecule has 1 amide bonds. The predicted molar refractivity (Wildman–Crippen MR) is 85.0 cm³/mol. The normalized spacial score (nSPS) is 20.1. The van der Waals surface area contributed by atoms with Gasteiger partial charge in [0.2, 0.25) is 5.91 Å². The third kappa shape index (κ3) is 4.61. The molecule has 6 nitrogen and oxygen atoms in total. The van der Waals surface area contributed by atoms with Crippen molar-refractivity contribution in [2.75, 3.05) is 6.26 Å². The number of carbonyl (C=O) groups is 2. The lowest BCUT2D eigenvalue weighted by molar-refractivity contribution is -0.138. The van der Waals surface area contributed by atoms with Crippen LogP contribution < -0.4 is 5.32 Å². The molecule has 0 radical (unpaired) electrons. The maximum atomic E-state index is 11.5. The summed E-state index contributed by atoms with van der Waals surface area (Å²) >= 11 is 2.74. The highest BCUT2D eigenvalue weighted by Gasteiger charge is 2.32. The van der Waals surface area contributed by atoms with E-state index < -0.39 is 11.2 Å². The summed E-state index contributed by atoms with van der Waals surface area (Å²) < 4.78 is 0. The topological polar surface area (TPSA) is 91.1 Å². The van der Waals surface area contributed by atoms with Gasteiger partial charge in [-0.05, 0) is 24.0 Å². The first-order valence-corrected chi connectivity index (χ1v) is 8.13. The average molecular weight is 323 g/mol. The van der Waals surface area contributed by atoms with Crippen LogP contribution in [0.25, 0.3) is 0 Å². The Kier molecular flexibility index (Phi) is 5.40. The average Bonchev–Trinajstić information content (AvgIpc) is 2.79. The molecule has 0 unspecified atom stereocenters. The maximum Gasteiger partial charge on any atom is 0.305 e. The van der Waals surface area contributed by atoms with E-state index in [1.165, 1.54) is 0 Å². The van der Waals surface area contributed by atoms with Crippen molar-refractivity contribution in [1.82, 2.24) is 5.32 Å². The first kappa shape index (κ1) is 15.6. The number of carboxylic acid groups (broad SMARTS) is 1. The summed E-state index contributed by atoms with van der Waals surface area (Å²) in [5.74, 6) is -1.36. The van der Waals surface area contributed by atoms with Crippen LogP contribution in [0, 0.1) is 0 Å². The number of benzene rings is 1. The Morgan fingerprint density at radius 1 is 1.48 bits per heavy atom. The van der Waals surface area contributed by atoms with E-state index in [-0.39, 0.29) is 12.3 Å². The van der Waals surface area contributed by atoms with Crippen LogP contribution >= 0.6 is 23.5 Å². The molecule has 1 aromatic carbocycles. The molecule has 1 fully saturated rings. The zero-order chi connectivity index (χ0) is 15.2. The first-order chi connectivity index (χ1) is 10.1. The molecule has 110 valence electrons. The van der Waals surface area contributed by atoms with E-state index >= 15 is 0 Å². The second-order valence-corrected chi connectivity index (χ2v) is 6.19.